The summed E-state index contributed by atoms with van der Waals surface area (Å²) in [5, 5.41) is 9.58. The first-order valence-corrected chi connectivity index (χ1v) is 5.43. The highest BCUT2D eigenvalue weighted by Gasteiger charge is 2.14. The van der Waals surface area contributed by atoms with Crippen molar-refractivity contribution in [2.75, 3.05) is 0 Å². The Morgan fingerprint density at radius 2 is 1.79 bits per heavy atom. The second-order valence-corrected chi connectivity index (χ2v) is 4.22. The van der Waals surface area contributed by atoms with E-state index in [2.05, 4.69) is 38.5 Å². The fourth-order valence-electron chi connectivity index (χ4n) is 0.982. The number of nitrogens with one attached hydrogen (secondary N) is 2. The van der Waals surface area contributed by atoms with Crippen molar-refractivity contribution in [2.45, 2.75) is 58.8 Å². The van der Waals surface area contributed by atoms with Crippen LogP contribution in [0.1, 0.15) is 40.5 Å². The third-order valence-corrected chi connectivity index (χ3v) is 2.49. The minimum atomic E-state index is -0.670. The molecule has 4 nitrogen and oxygen atoms in total. The number of hydrogen-bond donors (Lipinski definition) is 4. The van der Waals surface area contributed by atoms with Gasteiger partial charge in [-0.05, 0) is 19.3 Å². The van der Waals surface area contributed by atoms with Crippen molar-refractivity contribution in [3.63, 3.8) is 0 Å². The van der Waals surface area contributed by atoms with Crippen molar-refractivity contribution < 1.29 is 5.11 Å². The van der Waals surface area contributed by atoms with Gasteiger partial charge < -0.3 is 10.8 Å². The molecule has 0 aromatic rings. The number of aliphatic hydroxyl groups is 1. The molecule has 14 heavy (non-hydrogen) atoms. The van der Waals surface area contributed by atoms with E-state index < -0.39 is 6.23 Å². The lowest BCUT2D eigenvalue weighted by atomic mass is 10.1. The lowest BCUT2D eigenvalue weighted by molar-refractivity contribution is 0.0807. The van der Waals surface area contributed by atoms with E-state index in [4.69, 9.17) is 5.73 Å². The SMILES string of the molecule is CCC[C@H](N)C(O)NN[C@@H](C)C(C)C. The Bertz CT molecular complexity index is 141. The van der Waals surface area contributed by atoms with Gasteiger partial charge in [0.05, 0.1) is 0 Å². The zero-order chi connectivity index (χ0) is 11.1. The predicted molar refractivity (Wildman–Crippen MR) is 59.5 cm³/mol. The largest absolute Gasteiger partial charge is 0.376 e. The summed E-state index contributed by atoms with van der Waals surface area (Å²) in [6.07, 6.45) is 1.14. The Morgan fingerprint density at radius 3 is 2.21 bits per heavy atom. The minimum absolute atomic E-state index is 0.202. The highest BCUT2D eigenvalue weighted by molar-refractivity contribution is 4.69. The smallest absolute Gasteiger partial charge is 0.132 e. The third kappa shape index (κ3) is 5.54. The van der Waals surface area contributed by atoms with E-state index in [1.807, 2.05) is 0 Å². The average Bonchev–Trinajstić information content (AvgIpc) is 2.13. The Kier molecular flexibility index (Phi) is 7.09. The van der Waals surface area contributed by atoms with Crippen molar-refractivity contribution in [1.82, 2.24) is 10.9 Å². The van der Waals surface area contributed by atoms with Crippen molar-refractivity contribution in [2.24, 2.45) is 11.7 Å². The topological polar surface area (TPSA) is 70.3 Å². The highest BCUT2D eigenvalue weighted by Crippen LogP contribution is 1.99. The maximum Gasteiger partial charge on any atom is 0.132 e. The zero-order valence-electron chi connectivity index (χ0n) is 9.75. The lowest BCUT2D eigenvalue weighted by Gasteiger charge is -2.24. The number of nitrogens with two attached hydrogens (primary N) is 1. The first-order chi connectivity index (χ1) is 6.49. The van der Waals surface area contributed by atoms with Crippen LogP contribution in [0.15, 0.2) is 0 Å². The van der Waals surface area contributed by atoms with E-state index in [-0.39, 0.29) is 6.04 Å². The molecule has 0 fully saturated rings. The number of aliphatic hydroxyl groups excluding tert-OH is 1. The molecule has 4 heteroatoms. The van der Waals surface area contributed by atoms with Crippen LogP contribution in [0.25, 0.3) is 0 Å². The second-order valence-electron chi connectivity index (χ2n) is 4.22. The molecular weight excluding hydrogens is 178 g/mol. The molecule has 0 aliphatic carbocycles. The molecule has 0 amide bonds. The molecular formula is C10H25N3O. The van der Waals surface area contributed by atoms with E-state index >= 15 is 0 Å². The van der Waals surface area contributed by atoms with Gasteiger partial charge in [-0.1, -0.05) is 27.2 Å². The van der Waals surface area contributed by atoms with Gasteiger partial charge in [0.25, 0.3) is 0 Å². The highest BCUT2D eigenvalue weighted by atomic mass is 16.3. The molecule has 0 rings (SSSR count). The normalized spacial score (nSPS) is 18.2. The number of hydrazine groups is 1. The molecule has 0 saturated heterocycles. The van der Waals surface area contributed by atoms with Crippen molar-refractivity contribution in [3.8, 4) is 0 Å². The quantitative estimate of drug-likeness (QED) is 0.361. The second kappa shape index (κ2) is 7.17. The van der Waals surface area contributed by atoms with E-state index in [1.54, 1.807) is 0 Å². The van der Waals surface area contributed by atoms with Crippen molar-refractivity contribution >= 4 is 0 Å². The van der Waals surface area contributed by atoms with Crippen LogP contribution >= 0.6 is 0 Å². The third-order valence-electron chi connectivity index (χ3n) is 2.49. The lowest BCUT2D eigenvalue weighted by Crippen LogP contribution is -2.54. The van der Waals surface area contributed by atoms with E-state index in [0.29, 0.717) is 12.0 Å². The van der Waals surface area contributed by atoms with Crippen LogP contribution in [0, 0.1) is 5.92 Å². The summed E-state index contributed by atoms with van der Waals surface area (Å²) < 4.78 is 0. The minimum Gasteiger partial charge on any atom is -0.376 e. The van der Waals surface area contributed by atoms with E-state index in [0.717, 1.165) is 12.8 Å². The summed E-state index contributed by atoms with van der Waals surface area (Å²) in [5.41, 5.74) is 11.6. The molecule has 0 aromatic heterocycles. The molecule has 5 N–H and O–H groups in total. The molecule has 0 bridgehead atoms. The molecule has 3 atom stereocenters. The molecule has 0 radical (unpaired) electrons. The van der Waals surface area contributed by atoms with Crippen molar-refractivity contribution in [1.29, 1.82) is 0 Å². The van der Waals surface area contributed by atoms with Gasteiger partial charge in [0.2, 0.25) is 0 Å². The molecule has 0 aromatic carbocycles. The standard InChI is InChI=1S/C10H25N3O/c1-5-6-9(11)10(14)13-12-8(4)7(2)3/h7-10,12-14H,5-6,11H2,1-4H3/t8-,9-,10?/m0/s1. The summed E-state index contributed by atoms with van der Waals surface area (Å²) in [5.74, 6) is 0.525. The maximum absolute atomic E-state index is 9.58. The molecule has 1 unspecified atom stereocenters. The fourth-order valence-corrected chi connectivity index (χ4v) is 0.982. The van der Waals surface area contributed by atoms with Gasteiger partial charge in [-0.25, -0.2) is 5.43 Å². The molecule has 0 spiro atoms. The van der Waals surface area contributed by atoms with Gasteiger partial charge in [-0.15, -0.1) is 0 Å². The van der Waals surface area contributed by atoms with Crippen molar-refractivity contribution in [3.05, 3.63) is 0 Å². The summed E-state index contributed by atoms with van der Waals surface area (Å²) in [6, 6.07) is 0.116. The van der Waals surface area contributed by atoms with Crippen LogP contribution in [0.3, 0.4) is 0 Å². The van der Waals surface area contributed by atoms with Gasteiger partial charge in [0.1, 0.15) is 6.23 Å². The molecule has 0 heterocycles. The number of rotatable bonds is 7. The van der Waals surface area contributed by atoms with Gasteiger partial charge in [0.15, 0.2) is 0 Å². The van der Waals surface area contributed by atoms with Gasteiger partial charge in [0, 0.05) is 12.1 Å². The van der Waals surface area contributed by atoms with Crippen LogP contribution in [0.5, 0.6) is 0 Å². The zero-order valence-corrected chi connectivity index (χ0v) is 9.75. The first kappa shape index (κ1) is 13.8. The van der Waals surface area contributed by atoms with Crippen LogP contribution in [-0.4, -0.2) is 23.4 Å². The van der Waals surface area contributed by atoms with Gasteiger partial charge in [-0.3, -0.25) is 5.43 Å². The van der Waals surface area contributed by atoms with Crippen LogP contribution in [0.2, 0.25) is 0 Å². The first-order valence-electron chi connectivity index (χ1n) is 5.43. The fraction of sp³-hybridized carbons (Fsp3) is 1.00. The summed E-state index contributed by atoms with van der Waals surface area (Å²) in [7, 11) is 0. The monoisotopic (exact) mass is 203 g/mol. The summed E-state index contributed by atoms with van der Waals surface area (Å²) in [4.78, 5) is 0. The van der Waals surface area contributed by atoms with Gasteiger partial charge >= 0.3 is 0 Å². The number of hydrogen-bond acceptors (Lipinski definition) is 4. The predicted octanol–water partition coefficient (Wildman–Crippen LogP) is 0.571. The molecule has 0 aliphatic rings. The Morgan fingerprint density at radius 1 is 1.21 bits per heavy atom. The van der Waals surface area contributed by atoms with Gasteiger partial charge in [-0.2, -0.15) is 0 Å². The van der Waals surface area contributed by atoms with E-state index in [1.165, 1.54) is 0 Å². The Hall–Kier alpha value is -0.160. The Balaban J connectivity index is 3.67. The maximum atomic E-state index is 9.58. The summed E-state index contributed by atoms with van der Waals surface area (Å²) in [6.45, 7) is 8.36. The van der Waals surface area contributed by atoms with E-state index in [9.17, 15) is 5.11 Å². The molecule has 0 saturated carbocycles. The molecule has 86 valence electrons. The van der Waals surface area contributed by atoms with Crippen LogP contribution < -0.4 is 16.6 Å². The summed E-state index contributed by atoms with van der Waals surface area (Å²) >= 11 is 0. The van der Waals surface area contributed by atoms with Crippen LogP contribution in [-0.2, 0) is 0 Å². The average molecular weight is 203 g/mol. The Labute approximate surface area is 87.2 Å². The van der Waals surface area contributed by atoms with Crippen LogP contribution in [0.4, 0.5) is 0 Å². The molecule has 0 aliphatic heterocycles.